The van der Waals surface area contributed by atoms with Crippen molar-refractivity contribution in [2.45, 2.75) is 24.9 Å². The summed E-state index contributed by atoms with van der Waals surface area (Å²) in [4.78, 5) is 12.1. The Balaban J connectivity index is 1.75. The van der Waals surface area contributed by atoms with E-state index in [1.807, 2.05) is 24.3 Å². The number of benzene rings is 1. The molecule has 0 fully saturated rings. The van der Waals surface area contributed by atoms with E-state index >= 15 is 0 Å². The van der Waals surface area contributed by atoms with Gasteiger partial charge in [-0.2, -0.15) is 10.2 Å². The van der Waals surface area contributed by atoms with E-state index in [1.165, 1.54) is 12.4 Å². The number of hydrogen-bond acceptors (Lipinski definition) is 4. The van der Waals surface area contributed by atoms with Crippen molar-refractivity contribution in [2.75, 3.05) is 6.54 Å². The molecule has 1 unspecified atom stereocenters. The number of rotatable bonds is 3. The van der Waals surface area contributed by atoms with Crippen LogP contribution in [0, 0.1) is 0 Å². The third kappa shape index (κ3) is 2.78. The Bertz CT molecular complexity index is 645. The minimum Gasteiger partial charge on any atom is -0.383 e. The minimum atomic E-state index is -0.995. The first-order valence-corrected chi connectivity index (χ1v) is 7.05. The van der Waals surface area contributed by atoms with Crippen LogP contribution in [0.4, 0.5) is 0 Å². The predicted molar refractivity (Wildman–Crippen MR) is 77.6 cm³/mol. The Morgan fingerprint density at radius 2 is 2.14 bits per heavy atom. The highest BCUT2D eigenvalue weighted by atomic mass is 16.3. The molecule has 0 saturated heterocycles. The molecular weight excluding hydrogens is 266 g/mol. The molecule has 0 saturated carbocycles. The van der Waals surface area contributed by atoms with E-state index in [4.69, 9.17) is 0 Å². The summed E-state index contributed by atoms with van der Waals surface area (Å²) in [6, 6.07) is 9.47. The highest BCUT2D eigenvalue weighted by Crippen LogP contribution is 2.34. The zero-order valence-electron chi connectivity index (χ0n) is 11.6. The van der Waals surface area contributed by atoms with E-state index in [-0.39, 0.29) is 12.5 Å². The third-order valence-electron chi connectivity index (χ3n) is 3.94. The van der Waals surface area contributed by atoms with Gasteiger partial charge in [0.2, 0.25) is 0 Å². The lowest BCUT2D eigenvalue weighted by Gasteiger charge is -2.34. The number of nitrogens with one attached hydrogen (secondary N) is 1. The molecule has 1 aliphatic carbocycles. The Labute approximate surface area is 123 Å². The van der Waals surface area contributed by atoms with Crippen LogP contribution in [0.5, 0.6) is 0 Å². The molecule has 2 aromatic rings. The number of carbonyl (C=O) groups is 1. The van der Waals surface area contributed by atoms with Crippen LogP contribution in [0.2, 0.25) is 0 Å². The van der Waals surface area contributed by atoms with Crippen LogP contribution in [-0.2, 0) is 12.0 Å². The van der Waals surface area contributed by atoms with Gasteiger partial charge in [0.1, 0.15) is 5.60 Å². The second-order valence-electron chi connectivity index (χ2n) is 5.36. The Morgan fingerprint density at radius 3 is 2.95 bits per heavy atom. The van der Waals surface area contributed by atoms with Crippen molar-refractivity contribution in [1.29, 1.82) is 0 Å². The van der Waals surface area contributed by atoms with Gasteiger partial charge >= 0.3 is 0 Å². The molecule has 1 atom stereocenters. The number of hydrogen-bond donors (Lipinski definition) is 2. The second-order valence-corrected chi connectivity index (χ2v) is 5.36. The zero-order valence-corrected chi connectivity index (χ0v) is 11.6. The highest BCUT2D eigenvalue weighted by Gasteiger charge is 2.34. The van der Waals surface area contributed by atoms with Crippen LogP contribution in [0.1, 0.15) is 34.3 Å². The molecule has 0 spiro atoms. The summed E-state index contributed by atoms with van der Waals surface area (Å²) in [5.41, 5.74) is 1.53. The lowest BCUT2D eigenvalue weighted by Crippen LogP contribution is -2.43. The molecule has 108 valence electrons. The van der Waals surface area contributed by atoms with Gasteiger partial charge in [0, 0.05) is 0 Å². The normalized spacial score (nSPS) is 20.6. The van der Waals surface area contributed by atoms with Crippen molar-refractivity contribution < 1.29 is 9.90 Å². The molecule has 1 aliphatic rings. The molecule has 3 rings (SSSR count). The maximum atomic E-state index is 12.1. The van der Waals surface area contributed by atoms with Crippen molar-refractivity contribution >= 4 is 5.91 Å². The fraction of sp³-hybridized carbons (Fsp3) is 0.312. The van der Waals surface area contributed by atoms with E-state index in [0.717, 1.165) is 24.0 Å². The summed E-state index contributed by atoms with van der Waals surface area (Å²) in [6.07, 6.45) is 5.42. The van der Waals surface area contributed by atoms with Crippen LogP contribution in [-0.4, -0.2) is 27.8 Å². The van der Waals surface area contributed by atoms with E-state index < -0.39 is 5.60 Å². The van der Waals surface area contributed by atoms with Gasteiger partial charge in [-0.25, -0.2) is 0 Å². The molecule has 5 nitrogen and oxygen atoms in total. The van der Waals surface area contributed by atoms with Gasteiger partial charge in [-0.05, 0) is 36.5 Å². The summed E-state index contributed by atoms with van der Waals surface area (Å²) in [6.45, 7) is 0.200. The molecule has 5 heteroatoms. The second kappa shape index (κ2) is 5.61. The fourth-order valence-electron chi connectivity index (χ4n) is 2.84. The molecule has 0 bridgehead atoms. The summed E-state index contributed by atoms with van der Waals surface area (Å²) in [5, 5.41) is 21.0. The number of aryl methyl sites for hydroxylation is 1. The lowest BCUT2D eigenvalue weighted by atomic mass is 9.79. The number of amides is 1. The van der Waals surface area contributed by atoms with Crippen molar-refractivity contribution in [3.63, 3.8) is 0 Å². The van der Waals surface area contributed by atoms with Gasteiger partial charge in [-0.15, -0.1) is 0 Å². The van der Waals surface area contributed by atoms with Gasteiger partial charge in [-0.3, -0.25) is 4.79 Å². The van der Waals surface area contributed by atoms with Crippen LogP contribution >= 0.6 is 0 Å². The predicted octanol–water partition coefficient (Wildman–Crippen LogP) is 1.43. The van der Waals surface area contributed by atoms with Crippen molar-refractivity contribution in [1.82, 2.24) is 15.5 Å². The van der Waals surface area contributed by atoms with E-state index in [1.54, 1.807) is 6.07 Å². The van der Waals surface area contributed by atoms with E-state index in [2.05, 4.69) is 15.5 Å². The maximum absolute atomic E-state index is 12.1. The quantitative estimate of drug-likeness (QED) is 0.893. The number of fused-ring (bicyclic) bond motifs is 1. The van der Waals surface area contributed by atoms with Crippen LogP contribution < -0.4 is 5.32 Å². The zero-order chi connectivity index (χ0) is 14.7. The van der Waals surface area contributed by atoms with Crippen LogP contribution in [0.15, 0.2) is 42.7 Å². The summed E-state index contributed by atoms with van der Waals surface area (Å²) in [5.74, 6) is -0.249. The van der Waals surface area contributed by atoms with E-state index in [0.29, 0.717) is 12.0 Å². The Hall–Kier alpha value is -2.27. The molecule has 0 aliphatic heterocycles. The topological polar surface area (TPSA) is 75.1 Å². The molecular formula is C16H17N3O2. The van der Waals surface area contributed by atoms with Gasteiger partial charge in [-0.1, -0.05) is 24.3 Å². The number of nitrogens with zero attached hydrogens (tertiary/aromatic N) is 2. The standard InChI is InChI=1S/C16H17N3O2/c20-15(13-7-9-18-19-10-13)17-11-16(21)8-3-5-12-4-1-2-6-14(12)16/h1-2,4,6-7,9-10,21H,3,5,8,11H2,(H,17,20). The summed E-state index contributed by atoms with van der Waals surface area (Å²) >= 11 is 0. The number of carbonyl (C=O) groups excluding carboxylic acids is 1. The van der Waals surface area contributed by atoms with Gasteiger partial charge in [0.05, 0.1) is 24.5 Å². The Kier molecular flexibility index (Phi) is 3.66. The monoisotopic (exact) mass is 283 g/mol. The highest BCUT2D eigenvalue weighted by molar-refractivity contribution is 5.93. The van der Waals surface area contributed by atoms with Gasteiger partial charge in [0.25, 0.3) is 5.91 Å². The first-order chi connectivity index (χ1) is 10.2. The summed E-state index contributed by atoms with van der Waals surface area (Å²) in [7, 11) is 0. The molecule has 1 amide bonds. The average Bonchev–Trinajstić information content (AvgIpc) is 2.54. The first kappa shape index (κ1) is 13.7. The Morgan fingerprint density at radius 1 is 1.29 bits per heavy atom. The number of aliphatic hydroxyl groups is 1. The van der Waals surface area contributed by atoms with Crippen LogP contribution in [0.3, 0.4) is 0 Å². The average molecular weight is 283 g/mol. The molecule has 1 heterocycles. The van der Waals surface area contributed by atoms with Crippen LogP contribution in [0.25, 0.3) is 0 Å². The number of aromatic nitrogens is 2. The SMILES string of the molecule is O=C(NCC1(O)CCCc2ccccc21)c1ccnnc1. The van der Waals surface area contributed by atoms with Gasteiger partial charge < -0.3 is 10.4 Å². The molecule has 1 aromatic carbocycles. The summed E-state index contributed by atoms with van der Waals surface area (Å²) < 4.78 is 0. The van der Waals surface area contributed by atoms with Gasteiger partial charge in [0.15, 0.2) is 0 Å². The molecule has 21 heavy (non-hydrogen) atoms. The van der Waals surface area contributed by atoms with Crippen molar-refractivity contribution in [3.8, 4) is 0 Å². The molecule has 0 radical (unpaired) electrons. The lowest BCUT2D eigenvalue weighted by molar-refractivity contribution is 0.0189. The largest absolute Gasteiger partial charge is 0.383 e. The first-order valence-electron chi connectivity index (χ1n) is 7.05. The smallest absolute Gasteiger partial charge is 0.253 e. The van der Waals surface area contributed by atoms with E-state index in [9.17, 15) is 9.90 Å². The van der Waals surface area contributed by atoms with Crippen molar-refractivity contribution in [2.24, 2.45) is 0 Å². The maximum Gasteiger partial charge on any atom is 0.253 e. The molecule has 1 aromatic heterocycles. The minimum absolute atomic E-state index is 0.200. The fourth-order valence-corrected chi connectivity index (χ4v) is 2.84. The molecule has 2 N–H and O–H groups in total. The third-order valence-corrected chi connectivity index (χ3v) is 3.94. The van der Waals surface area contributed by atoms with Crippen molar-refractivity contribution in [3.05, 3.63) is 59.4 Å².